The summed E-state index contributed by atoms with van der Waals surface area (Å²) in [7, 11) is 1.88. The number of nitrogens with zero attached hydrogens (tertiary/aromatic N) is 2. The maximum atomic E-state index is 11.8. The molecule has 0 aliphatic heterocycles. The molecule has 140 valence electrons. The van der Waals surface area contributed by atoms with Gasteiger partial charge in [0, 0.05) is 24.8 Å². The van der Waals surface area contributed by atoms with E-state index in [2.05, 4.69) is 10.3 Å². The van der Waals surface area contributed by atoms with E-state index >= 15 is 0 Å². The maximum absolute atomic E-state index is 11.8. The van der Waals surface area contributed by atoms with E-state index in [1.54, 1.807) is 32.9 Å². The Hall–Kier alpha value is -2.35. The van der Waals surface area contributed by atoms with Crippen LogP contribution in [0.15, 0.2) is 18.3 Å². The fourth-order valence-electron chi connectivity index (χ4n) is 1.95. The van der Waals surface area contributed by atoms with Crippen LogP contribution >= 0.6 is 0 Å². The van der Waals surface area contributed by atoms with Gasteiger partial charge in [-0.3, -0.25) is 0 Å². The molecule has 0 fully saturated rings. The third-order valence-corrected chi connectivity index (χ3v) is 3.50. The largest absolute Gasteiger partial charge is 0.480 e. The number of carbonyl (C=O) groups is 2. The number of aliphatic carboxylic acids is 1. The van der Waals surface area contributed by atoms with Gasteiger partial charge in [-0.05, 0) is 40.7 Å². The molecule has 0 unspecified atom stereocenters. The Morgan fingerprint density at radius 2 is 1.88 bits per heavy atom. The number of carboxylic acid groups (broad SMARTS) is 1. The van der Waals surface area contributed by atoms with E-state index in [0.717, 1.165) is 0 Å². The van der Waals surface area contributed by atoms with Crippen LogP contribution in [0, 0.1) is 0 Å². The topological polar surface area (TPSA) is 112 Å². The lowest BCUT2D eigenvalue weighted by molar-refractivity contribution is -0.142. The summed E-state index contributed by atoms with van der Waals surface area (Å²) in [6, 6.07) is 1.96. The van der Waals surface area contributed by atoms with Gasteiger partial charge in [0.05, 0.1) is 0 Å². The fourth-order valence-corrected chi connectivity index (χ4v) is 1.95. The molecule has 25 heavy (non-hydrogen) atoms. The number of carbonyl (C=O) groups excluding carboxylic acids is 1. The number of alkyl carbamates (subject to hydrolysis) is 1. The Kier molecular flexibility index (Phi) is 6.75. The number of hydrogen-bond donors (Lipinski definition) is 3. The van der Waals surface area contributed by atoms with Crippen molar-refractivity contribution in [1.82, 2.24) is 10.3 Å². The Balaban J connectivity index is 2.90. The molecule has 3 N–H and O–H groups in total. The van der Waals surface area contributed by atoms with Crippen LogP contribution in [0.3, 0.4) is 0 Å². The first-order valence-corrected chi connectivity index (χ1v) is 8.01. The van der Waals surface area contributed by atoms with Gasteiger partial charge in [-0.1, -0.05) is 6.07 Å². The molecular weight excluding hydrogens is 326 g/mol. The van der Waals surface area contributed by atoms with Crippen molar-refractivity contribution in [3.05, 3.63) is 23.9 Å². The third kappa shape index (κ3) is 6.22. The first-order chi connectivity index (χ1) is 11.4. The third-order valence-electron chi connectivity index (χ3n) is 3.50. The molecule has 2 atom stereocenters. The minimum absolute atomic E-state index is 0.240. The van der Waals surface area contributed by atoms with Crippen LogP contribution < -0.4 is 10.2 Å². The molecular formula is C17H27N3O5. The minimum atomic E-state index is -1.55. The van der Waals surface area contributed by atoms with Gasteiger partial charge in [-0.15, -0.1) is 0 Å². The van der Waals surface area contributed by atoms with Gasteiger partial charge in [-0.25, -0.2) is 14.6 Å². The van der Waals surface area contributed by atoms with Crippen molar-refractivity contribution in [3.63, 3.8) is 0 Å². The molecule has 0 spiro atoms. The monoisotopic (exact) mass is 353 g/mol. The molecule has 1 aromatic rings. The zero-order valence-electron chi connectivity index (χ0n) is 15.5. The van der Waals surface area contributed by atoms with Crippen LogP contribution in [-0.2, 0) is 9.53 Å². The van der Waals surface area contributed by atoms with E-state index in [4.69, 9.17) is 4.74 Å². The van der Waals surface area contributed by atoms with E-state index in [1.807, 2.05) is 25.8 Å². The quantitative estimate of drug-likeness (QED) is 0.716. The van der Waals surface area contributed by atoms with E-state index in [1.165, 1.54) is 6.20 Å². The average molecular weight is 353 g/mol. The van der Waals surface area contributed by atoms with Crippen LogP contribution in [0.4, 0.5) is 10.6 Å². The van der Waals surface area contributed by atoms with Crippen molar-refractivity contribution in [2.24, 2.45) is 0 Å². The van der Waals surface area contributed by atoms with Gasteiger partial charge in [-0.2, -0.15) is 0 Å². The predicted octanol–water partition coefficient (Wildman–Crippen LogP) is 1.94. The Morgan fingerprint density at radius 1 is 1.28 bits per heavy atom. The number of amides is 1. The highest BCUT2D eigenvalue weighted by molar-refractivity contribution is 5.80. The number of pyridine rings is 1. The van der Waals surface area contributed by atoms with Gasteiger partial charge in [0.25, 0.3) is 0 Å². The Bertz CT molecular complexity index is 595. The summed E-state index contributed by atoms with van der Waals surface area (Å²) in [5, 5.41) is 21.8. The lowest BCUT2D eigenvalue weighted by atomic mass is 10.0. The molecule has 1 amide bonds. The van der Waals surface area contributed by atoms with Crippen molar-refractivity contribution in [2.45, 2.75) is 58.4 Å². The van der Waals surface area contributed by atoms with Crippen molar-refractivity contribution in [1.29, 1.82) is 0 Å². The van der Waals surface area contributed by atoms with Gasteiger partial charge in [0.2, 0.25) is 0 Å². The number of anilines is 1. The van der Waals surface area contributed by atoms with Crippen LogP contribution in [0.25, 0.3) is 0 Å². The zero-order chi connectivity index (χ0) is 19.4. The van der Waals surface area contributed by atoms with E-state index < -0.39 is 29.8 Å². The molecule has 8 heteroatoms. The summed E-state index contributed by atoms with van der Waals surface area (Å²) in [6.45, 7) is 9.00. The number of ether oxygens (including phenoxy) is 1. The second kappa shape index (κ2) is 8.15. The first-order valence-electron chi connectivity index (χ1n) is 8.01. The van der Waals surface area contributed by atoms with E-state index in [9.17, 15) is 19.8 Å². The van der Waals surface area contributed by atoms with Gasteiger partial charge in [0.1, 0.15) is 17.5 Å². The number of carboxylic acids is 1. The number of aliphatic hydroxyl groups is 1. The molecule has 0 saturated carbocycles. The summed E-state index contributed by atoms with van der Waals surface area (Å²) in [5.74, 6) is -0.681. The van der Waals surface area contributed by atoms with E-state index in [0.29, 0.717) is 5.82 Å². The number of rotatable bonds is 6. The van der Waals surface area contributed by atoms with Gasteiger partial charge in [0.15, 0.2) is 6.04 Å². The minimum Gasteiger partial charge on any atom is -0.480 e. The normalized spacial score (nSPS) is 13.9. The van der Waals surface area contributed by atoms with Crippen LogP contribution in [0.2, 0.25) is 0 Å². The summed E-state index contributed by atoms with van der Waals surface area (Å²) >= 11 is 0. The molecule has 0 aliphatic rings. The first kappa shape index (κ1) is 20.7. The second-order valence-electron chi connectivity index (χ2n) is 7.06. The van der Waals surface area contributed by atoms with Crippen molar-refractivity contribution in [3.8, 4) is 0 Å². The van der Waals surface area contributed by atoms with Crippen molar-refractivity contribution in [2.75, 3.05) is 11.9 Å². The van der Waals surface area contributed by atoms with Crippen LogP contribution in [-0.4, -0.2) is 52.0 Å². The number of nitrogens with one attached hydrogen (secondary N) is 1. The standard InChI is InChI=1S/C17H27N3O5/c1-10(2)20(6)12-8-7-11(9-18-12)14(21)13(15(22)23)19-16(24)25-17(3,4)5/h7-10,13-14,21H,1-6H3,(H,19,24)(H,22,23)/t13-,14-/m1/s1. The highest BCUT2D eigenvalue weighted by atomic mass is 16.6. The highest BCUT2D eigenvalue weighted by Gasteiger charge is 2.31. The second-order valence-corrected chi connectivity index (χ2v) is 7.06. The highest BCUT2D eigenvalue weighted by Crippen LogP contribution is 2.20. The lowest BCUT2D eigenvalue weighted by Gasteiger charge is -2.25. The SMILES string of the molecule is CC(C)N(C)c1ccc([C@@H](O)[C@@H](NC(=O)OC(C)(C)C)C(=O)O)cn1. The summed E-state index contributed by atoms with van der Waals surface area (Å²) in [4.78, 5) is 29.4. The predicted molar refractivity (Wildman–Crippen MR) is 93.5 cm³/mol. The summed E-state index contributed by atoms with van der Waals surface area (Å²) in [6.07, 6.45) is -0.981. The molecule has 0 aliphatic carbocycles. The molecule has 0 radical (unpaired) electrons. The Morgan fingerprint density at radius 3 is 2.28 bits per heavy atom. The fraction of sp³-hybridized carbons (Fsp3) is 0.588. The molecule has 1 aromatic heterocycles. The van der Waals surface area contributed by atoms with Gasteiger partial charge >= 0.3 is 12.1 Å². The molecule has 0 bridgehead atoms. The van der Waals surface area contributed by atoms with Crippen LogP contribution in [0.1, 0.15) is 46.3 Å². The Labute approximate surface area is 147 Å². The molecule has 1 rings (SSSR count). The average Bonchev–Trinajstić information content (AvgIpc) is 2.49. The van der Waals surface area contributed by atoms with Gasteiger partial charge < -0.3 is 25.2 Å². The molecule has 0 saturated heterocycles. The maximum Gasteiger partial charge on any atom is 0.408 e. The van der Waals surface area contributed by atoms with Crippen LogP contribution in [0.5, 0.6) is 0 Å². The van der Waals surface area contributed by atoms with E-state index in [-0.39, 0.29) is 11.6 Å². The summed E-state index contributed by atoms with van der Waals surface area (Å²) in [5.41, 5.74) is -0.493. The number of aliphatic hydroxyl groups excluding tert-OH is 1. The van der Waals surface area contributed by atoms with Crippen molar-refractivity contribution >= 4 is 17.9 Å². The number of hydrogen-bond acceptors (Lipinski definition) is 6. The number of aromatic nitrogens is 1. The smallest absolute Gasteiger partial charge is 0.408 e. The summed E-state index contributed by atoms with van der Waals surface area (Å²) < 4.78 is 5.03. The lowest BCUT2D eigenvalue weighted by Crippen LogP contribution is -2.46. The molecule has 0 aromatic carbocycles. The zero-order valence-corrected chi connectivity index (χ0v) is 15.5. The molecule has 1 heterocycles. The van der Waals surface area contributed by atoms with Crippen molar-refractivity contribution < 1.29 is 24.5 Å². The molecule has 8 nitrogen and oxygen atoms in total.